The monoisotopic (exact) mass is 388 g/mol. The zero-order valence-corrected chi connectivity index (χ0v) is 16.5. The Morgan fingerprint density at radius 1 is 1.03 bits per heavy atom. The number of nitrogens with zero attached hydrogens (tertiary/aromatic N) is 1. The molecular formula is C24H24N2O3. The largest absolute Gasteiger partial charge is 0.454 e. The van der Waals surface area contributed by atoms with Crippen LogP contribution in [-0.2, 0) is 10.2 Å². The summed E-state index contributed by atoms with van der Waals surface area (Å²) in [4.78, 5) is 17.7. The fourth-order valence-corrected chi connectivity index (χ4v) is 3.95. The van der Waals surface area contributed by atoms with Crippen molar-refractivity contribution in [1.82, 2.24) is 4.98 Å². The van der Waals surface area contributed by atoms with Gasteiger partial charge in [0.1, 0.15) is 5.82 Å². The van der Waals surface area contributed by atoms with Crippen LogP contribution in [0.1, 0.15) is 31.1 Å². The van der Waals surface area contributed by atoms with E-state index in [1.165, 1.54) is 5.56 Å². The number of nitrogens with one attached hydrogen (secondary N) is 1. The molecule has 2 aromatic carbocycles. The Morgan fingerprint density at radius 3 is 2.62 bits per heavy atom. The van der Waals surface area contributed by atoms with Gasteiger partial charge < -0.3 is 14.8 Å². The van der Waals surface area contributed by atoms with Crippen molar-refractivity contribution in [2.45, 2.75) is 32.1 Å². The summed E-state index contributed by atoms with van der Waals surface area (Å²) in [6.07, 6.45) is 1.64. The van der Waals surface area contributed by atoms with Crippen LogP contribution in [0.3, 0.4) is 0 Å². The standard InChI is InChI=1S/C24H22N2O3.H2/c1-15-4-3-5-17(12-15)19-7-9-22(25-16(19)2)26-23(27)24(10-11-24)18-6-8-20-21(13-18)29-14-28-20;/h3-9,12-13H,10-11,14H2,1-2H3,(H,25,26,27);1H. The van der Waals surface area contributed by atoms with Crippen LogP contribution >= 0.6 is 0 Å². The first-order chi connectivity index (χ1) is 14.0. The van der Waals surface area contributed by atoms with E-state index in [-0.39, 0.29) is 14.1 Å². The topological polar surface area (TPSA) is 60.5 Å². The third-order valence-electron chi connectivity index (χ3n) is 5.77. The van der Waals surface area contributed by atoms with E-state index < -0.39 is 5.41 Å². The van der Waals surface area contributed by atoms with Gasteiger partial charge in [-0.1, -0.05) is 35.9 Å². The average molecular weight is 388 g/mol. The number of hydrogen-bond acceptors (Lipinski definition) is 4. The Morgan fingerprint density at radius 2 is 1.86 bits per heavy atom. The van der Waals surface area contributed by atoms with Gasteiger partial charge in [0.2, 0.25) is 12.7 Å². The highest BCUT2D eigenvalue weighted by Gasteiger charge is 2.51. The summed E-state index contributed by atoms with van der Waals surface area (Å²) >= 11 is 0. The summed E-state index contributed by atoms with van der Waals surface area (Å²) < 4.78 is 10.9. The molecule has 29 heavy (non-hydrogen) atoms. The van der Waals surface area contributed by atoms with Gasteiger partial charge in [0.25, 0.3) is 0 Å². The van der Waals surface area contributed by atoms with Crippen molar-refractivity contribution in [3.8, 4) is 22.6 Å². The van der Waals surface area contributed by atoms with Crippen LogP contribution in [-0.4, -0.2) is 17.7 Å². The van der Waals surface area contributed by atoms with Crippen molar-refractivity contribution in [3.63, 3.8) is 0 Å². The van der Waals surface area contributed by atoms with E-state index in [2.05, 4.69) is 35.4 Å². The van der Waals surface area contributed by atoms with E-state index in [0.717, 1.165) is 41.0 Å². The van der Waals surface area contributed by atoms with Crippen LogP contribution < -0.4 is 14.8 Å². The molecule has 5 nitrogen and oxygen atoms in total. The van der Waals surface area contributed by atoms with Crippen molar-refractivity contribution in [2.24, 2.45) is 0 Å². The molecule has 1 N–H and O–H groups in total. The second-order valence-corrected chi connectivity index (χ2v) is 7.80. The van der Waals surface area contributed by atoms with Gasteiger partial charge >= 0.3 is 0 Å². The van der Waals surface area contributed by atoms with E-state index in [1.807, 2.05) is 43.3 Å². The molecular weight excluding hydrogens is 364 g/mol. The normalized spacial score (nSPS) is 15.8. The molecule has 2 aliphatic rings. The third kappa shape index (κ3) is 3.12. The van der Waals surface area contributed by atoms with Crippen LogP contribution in [0.2, 0.25) is 0 Å². The summed E-state index contributed by atoms with van der Waals surface area (Å²) in [6, 6.07) is 18.0. The number of hydrogen-bond donors (Lipinski definition) is 1. The Labute approximate surface area is 171 Å². The number of amides is 1. The minimum atomic E-state index is -0.508. The molecule has 1 saturated carbocycles. The Hall–Kier alpha value is -3.34. The van der Waals surface area contributed by atoms with E-state index in [0.29, 0.717) is 11.6 Å². The molecule has 1 amide bonds. The van der Waals surface area contributed by atoms with Gasteiger partial charge in [0.15, 0.2) is 11.5 Å². The predicted molar refractivity (Wildman–Crippen MR) is 113 cm³/mol. The first kappa shape index (κ1) is 17.7. The fourth-order valence-electron chi connectivity index (χ4n) is 3.95. The zero-order valence-electron chi connectivity index (χ0n) is 16.5. The number of fused-ring (bicyclic) bond motifs is 1. The molecule has 3 aromatic rings. The molecule has 0 atom stereocenters. The highest BCUT2D eigenvalue weighted by atomic mass is 16.7. The lowest BCUT2D eigenvalue weighted by molar-refractivity contribution is -0.118. The molecule has 0 unspecified atom stereocenters. The van der Waals surface area contributed by atoms with E-state index >= 15 is 0 Å². The number of anilines is 1. The van der Waals surface area contributed by atoms with Crippen LogP contribution in [0, 0.1) is 13.8 Å². The molecule has 148 valence electrons. The molecule has 0 bridgehead atoms. The lowest BCUT2D eigenvalue weighted by Crippen LogP contribution is -2.28. The summed E-state index contributed by atoms with van der Waals surface area (Å²) in [7, 11) is 0. The second-order valence-electron chi connectivity index (χ2n) is 7.80. The fraction of sp³-hybridized carbons (Fsp3) is 0.250. The van der Waals surface area contributed by atoms with Crippen LogP contribution in [0.25, 0.3) is 11.1 Å². The van der Waals surface area contributed by atoms with E-state index in [4.69, 9.17) is 9.47 Å². The van der Waals surface area contributed by atoms with Crippen LogP contribution in [0.4, 0.5) is 5.82 Å². The number of rotatable bonds is 4. The molecule has 1 aromatic heterocycles. The van der Waals surface area contributed by atoms with Crippen LogP contribution in [0.5, 0.6) is 11.5 Å². The number of aromatic nitrogens is 1. The van der Waals surface area contributed by atoms with Crippen molar-refractivity contribution < 1.29 is 15.7 Å². The molecule has 0 saturated heterocycles. The quantitative estimate of drug-likeness (QED) is 0.682. The Kier molecular flexibility index (Phi) is 4.05. The van der Waals surface area contributed by atoms with E-state index in [9.17, 15) is 4.79 Å². The Balaban J connectivity index is 0.00000218. The van der Waals surface area contributed by atoms with Gasteiger partial charge in [-0.05, 0) is 62.1 Å². The molecule has 1 fully saturated rings. The maximum absolute atomic E-state index is 13.1. The number of pyridine rings is 1. The minimum absolute atomic E-state index is 0. The third-order valence-corrected chi connectivity index (χ3v) is 5.77. The maximum atomic E-state index is 13.1. The second kappa shape index (κ2) is 6.62. The number of benzene rings is 2. The van der Waals surface area contributed by atoms with Gasteiger partial charge in [-0.2, -0.15) is 0 Å². The SMILES string of the molecule is Cc1cccc(-c2ccc(NC(=O)C3(c4ccc5c(c4)OCO5)CC3)nc2C)c1.[HH]. The van der Waals surface area contributed by atoms with Gasteiger partial charge in [0, 0.05) is 12.7 Å². The van der Waals surface area contributed by atoms with Crippen molar-refractivity contribution in [3.05, 3.63) is 71.4 Å². The average Bonchev–Trinajstić information content (AvgIpc) is 3.39. The zero-order chi connectivity index (χ0) is 20.0. The first-order valence-electron chi connectivity index (χ1n) is 9.81. The maximum Gasteiger partial charge on any atom is 0.236 e. The number of aryl methyl sites for hydroxylation is 2. The molecule has 0 radical (unpaired) electrons. The van der Waals surface area contributed by atoms with Crippen molar-refractivity contribution >= 4 is 11.7 Å². The summed E-state index contributed by atoms with van der Waals surface area (Å²) in [5.74, 6) is 1.99. The number of carbonyl (C=O) groups excluding carboxylic acids is 1. The van der Waals surface area contributed by atoms with Crippen molar-refractivity contribution in [1.29, 1.82) is 0 Å². The van der Waals surface area contributed by atoms with Gasteiger partial charge in [-0.25, -0.2) is 4.98 Å². The smallest absolute Gasteiger partial charge is 0.236 e. The van der Waals surface area contributed by atoms with Gasteiger partial charge in [-0.15, -0.1) is 0 Å². The minimum Gasteiger partial charge on any atom is -0.454 e. The number of ether oxygens (including phenoxy) is 2. The summed E-state index contributed by atoms with van der Waals surface area (Å²) in [6.45, 7) is 4.28. The molecule has 1 aliphatic carbocycles. The molecule has 5 heteroatoms. The first-order valence-corrected chi connectivity index (χ1v) is 9.81. The highest BCUT2D eigenvalue weighted by Crippen LogP contribution is 2.51. The van der Waals surface area contributed by atoms with Gasteiger partial charge in [-0.3, -0.25) is 4.79 Å². The summed E-state index contributed by atoms with van der Waals surface area (Å²) in [5.41, 5.74) is 4.76. The van der Waals surface area contributed by atoms with Crippen LogP contribution in [0.15, 0.2) is 54.6 Å². The lowest BCUT2D eigenvalue weighted by Gasteiger charge is -2.17. The molecule has 0 spiro atoms. The Bertz CT molecular complexity index is 1130. The number of carbonyl (C=O) groups is 1. The summed E-state index contributed by atoms with van der Waals surface area (Å²) in [5, 5.41) is 3.02. The predicted octanol–water partition coefficient (Wildman–Crippen LogP) is 5.01. The highest BCUT2D eigenvalue weighted by molar-refractivity contribution is 6.01. The van der Waals surface area contributed by atoms with E-state index in [1.54, 1.807) is 0 Å². The molecule has 5 rings (SSSR count). The van der Waals surface area contributed by atoms with Crippen molar-refractivity contribution in [2.75, 3.05) is 12.1 Å². The molecule has 1 aliphatic heterocycles. The van der Waals surface area contributed by atoms with Gasteiger partial charge in [0.05, 0.1) is 5.41 Å². The lowest BCUT2D eigenvalue weighted by atomic mass is 9.94. The molecule has 2 heterocycles.